The minimum atomic E-state index is -8.05. The highest BCUT2D eigenvalue weighted by Crippen LogP contribution is 2.42. The average molecular weight is 1410 g/mol. The van der Waals surface area contributed by atoms with Crippen molar-refractivity contribution in [2.75, 3.05) is 13.1 Å². The maximum Gasteiger partial charge on any atom is 0.198 e. The van der Waals surface area contributed by atoms with E-state index in [1.54, 1.807) is 4.90 Å². The Bertz CT molecular complexity index is 4030. The molecule has 1 nitrogen and oxygen atoms in total. The Labute approximate surface area is 532 Å². The Kier molecular flexibility index (Phi) is 23.2. The molecule has 0 spiro atoms. The van der Waals surface area contributed by atoms with Crippen LogP contribution in [0.3, 0.4) is 0 Å². The third-order valence-electron chi connectivity index (χ3n) is 17.4. The monoisotopic (exact) mass is 1410 g/mol. The number of halogens is 28. The molecule has 0 bridgehead atoms. The maximum atomic E-state index is 17.3. The molecule has 0 aromatic heterocycles. The fourth-order valence-electron chi connectivity index (χ4n) is 12.7. The van der Waals surface area contributed by atoms with Crippen molar-refractivity contribution >= 4 is 76.8 Å². The van der Waals surface area contributed by atoms with Gasteiger partial charge in [-0.15, -0.1) is 21.9 Å². The zero-order valence-electron chi connectivity index (χ0n) is 50.7. The molecule has 0 aliphatic heterocycles. The van der Waals surface area contributed by atoms with E-state index < -0.39 is 234 Å². The fourth-order valence-corrected chi connectivity index (χ4v) is 12.7. The van der Waals surface area contributed by atoms with Crippen LogP contribution in [0.1, 0.15) is 122 Å². The summed E-state index contributed by atoms with van der Waals surface area (Å²) in [6.45, 7) is 9.42. The number of unbranched alkanes of at least 4 members (excludes halogenated alkanes) is 14. The SMILES string of the molecule is CCCCCCCCCC[NH+](CCCCCCCCCC)c1ccc(C)cc1.Fc1c(F)c(F)c2c([B-](c3c(F)c(F)c(F)c4c(F)c(F)c(F)c(F)c34)(c3c(F)c(F)c(F)c4c(F)c(F)c(F)c(F)c34)c3c(F)c(F)c(F)c4c(F)c(F)c(F)c(F)c34)c(F)c(F)c(F)c2c1F. The zero-order chi connectivity index (χ0) is 71.9. The minimum Gasteiger partial charge on any atom is -0.302 e. The van der Waals surface area contributed by atoms with Crippen LogP contribution in [0.25, 0.3) is 43.1 Å². The van der Waals surface area contributed by atoms with Gasteiger partial charge in [-0.05, 0) is 66.3 Å². The van der Waals surface area contributed by atoms with Crippen molar-refractivity contribution < 1.29 is 128 Å². The molecule has 0 atom stereocenters. The van der Waals surface area contributed by atoms with E-state index in [2.05, 4.69) is 45.0 Å². The van der Waals surface area contributed by atoms with Gasteiger partial charge in [0, 0.05) is 0 Å². The summed E-state index contributed by atoms with van der Waals surface area (Å²) in [5, 5.41) is -27.0. The lowest BCUT2D eigenvalue weighted by Crippen LogP contribution is -3.07. The van der Waals surface area contributed by atoms with Crippen LogP contribution in [0.15, 0.2) is 24.3 Å². The van der Waals surface area contributed by atoms with E-state index in [4.69, 9.17) is 0 Å². The summed E-state index contributed by atoms with van der Waals surface area (Å²) in [5.74, 6) is -104. The van der Waals surface area contributed by atoms with Crippen molar-refractivity contribution in [3.63, 3.8) is 0 Å². The highest BCUT2D eigenvalue weighted by Gasteiger charge is 2.52. The van der Waals surface area contributed by atoms with E-state index in [9.17, 15) is 17.6 Å². The van der Waals surface area contributed by atoms with Gasteiger partial charge in [0.15, 0.2) is 140 Å². The van der Waals surface area contributed by atoms with E-state index in [-0.39, 0.29) is 0 Å². The number of rotatable bonds is 23. The first-order valence-electron chi connectivity index (χ1n) is 30.1. The second-order valence-electron chi connectivity index (χ2n) is 23.2. The maximum absolute atomic E-state index is 17.3. The molecule has 0 aliphatic carbocycles. The predicted octanol–water partition coefficient (Wildman–Crippen LogP) is 19.4. The third kappa shape index (κ3) is 12.8. The van der Waals surface area contributed by atoms with Crippen molar-refractivity contribution in [3.05, 3.63) is 193 Å². The molecular formula is C67H50BF28N. The summed E-state index contributed by atoms with van der Waals surface area (Å²) in [5.41, 5.74) is -12.6. The van der Waals surface area contributed by atoms with Crippen LogP contribution in [-0.2, 0) is 0 Å². The number of nitrogens with one attached hydrogen (secondary N) is 1. The molecule has 0 saturated carbocycles. The third-order valence-corrected chi connectivity index (χ3v) is 17.4. The Balaban J connectivity index is 0.000000361. The Hall–Kier alpha value is -7.92. The number of hydrogen-bond acceptors (Lipinski definition) is 0. The first-order valence-corrected chi connectivity index (χ1v) is 30.1. The first kappa shape index (κ1) is 74.9. The highest BCUT2D eigenvalue weighted by molar-refractivity contribution is 7.23. The molecule has 0 aliphatic rings. The van der Waals surface area contributed by atoms with Gasteiger partial charge in [0.2, 0.25) is 0 Å². The lowest BCUT2D eigenvalue weighted by atomic mass is 9.11. The van der Waals surface area contributed by atoms with E-state index in [0.29, 0.717) is 0 Å². The molecular weight excluding hydrogens is 1360 g/mol. The number of benzene rings is 9. The lowest BCUT2D eigenvalue weighted by molar-refractivity contribution is -0.833. The molecule has 9 rings (SSSR count). The van der Waals surface area contributed by atoms with Crippen molar-refractivity contribution in [3.8, 4) is 0 Å². The summed E-state index contributed by atoms with van der Waals surface area (Å²) >= 11 is 0. The Morgan fingerprint density at radius 3 is 0.598 bits per heavy atom. The molecule has 9 aromatic rings. The standard InChI is InChI=1S/C40BF28.C27H49N/c42-13-1-5(21(50)37(66)33(13)62)17(46)29(58)25(54)9(1)41(10-2-6(18(47)30(59)26(10)55)22(51)38(67)34(63)14(2)43,11-3-7(19(48)31(60)27(11)56)23(52)39(68)35(64)15(3)44)12-4-8(20(49)32(61)28(12)57)24(53)40(69)36(65)16(4)45;1-4-6-8-10-12-14-16-18-24-28(27-22-20-26(3)21-23-27)25-19-17-15-13-11-9-7-5-2/h;20-23H,4-19,24-25H2,1-3H3/q-1;/p+1. The van der Waals surface area contributed by atoms with Crippen LogP contribution in [-0.4, -0.2) is 19.2 Å². The van der Waals surface area contributed by atoms with E-state index >= 15 is 105 Å². The molecule has 0 radical (unpaired) electrons. The van der Waals surface area contributed by atoms with Gasteiger partial charge in [0.1, 0.15) is 35.1 Å². The largest absolute Gasteiger partial charge is 0.302 e. The summed E-state index contributed by atoms with van der Waals surface area (Å²) in [7, 11) is 0. The molecule has 0 saturated heterocycles. The molecule has 1 N–H and O–H groups in total. The van der Waals surface area contributed by atoms with Crippen LogP contribution in [0.5, 0.6) is 0 Å². The van der Waals surface area contributed by atoms with Crippen molar-refractivity contribution in [2.24, 2.45) is 0 Å². The van der Waals surface area contributed by atoms with Crippen LogP contribution in [0.2, 0.25) is 0 Å². The number of quaternary nitrogens is 1. The van der Waals surface area contributed by atoms with Gasteiger partial charge in [-0.2, -0.15) is 0 Å². The van der Waals surface area contributed by atoms with Crippen LogP contribution >= 0.6 is 0 Å². The lowest BCUT2D eigenvalue weighted by Gasteiger charge is -2.47. The molecule has 522 valence electrons. The summed E-state index contributed by atoms with van der Waals surface area (Å²) in [6.07, 6.45) is 14.6. The van der Waals surface area contributed by atoms with Gasteiger partial charge in [0.05, 0.1) is 34.6 Å². The molecule has 0 unspecified atom stereocenters. The van der Waals surface area contributed by atoms with E-state index in [1.807, 2.05) is 0 Å². The van der Waals surface area contributed by atoms with E-state index in [1.165, 1.54) is 127 Å². The summed E-state index contributed by atoms with van der Waals surface area (Å²) < 4.78 is 446. The van der Waals surface area contributed by atoms with Gasteiger partial charge < -0.3 is 4.90 Å². The smallest absolute Gasteiger partial charge is 0.198 e. The van der Waals surface area contributed by atoms with Crippen molar-refractivity contribution in [2.45, 2.75) is 124 Å². The quantitative estimate of drug-likeness (QED) is 0.0214. The van der Waals surface area contributed by atoms with Gasteiger partial charge >= 0.3 is 0 Å². The summed E-state index contributed by atoms with van der Waals surface area (Å²) in [4.78, 5) is 1.72. The van der Waals surface area contributed by atoms with Crippen LogP contribution in [0.4, 0.5) is 129 Å². The second-order valence-corrected chi connectivity index (χ2v) is 23.2. The topological polar surface area (TPSA) is 4.44 Å². The molecule has 30 heteroatoms. The second kappa shape index (κ2) is 30.1. The average Bonchev–Trinajstić information content (AvgIpc) is 0.663. The molecule has 0 fully saturated rings. The summed E-state index contributed by atoms with van der Waals surface area (Å²) in [6, 6.07) is 9.30. The molecule has 97 heavy (non-hydrogen) atoms. The van der Waals surface area contributed by atoms with Gasteiger partial charge in [-0.25, -0.2) is 123 Å². The van der Waals surface area contributed by atoms with Crippen LogP contribution in [0, 0.1) is 170 Å². The molecule has 0 heterocycles. The number of fused-ring (bicyclic) bond motifs is 4. The normalized spacial score (nSPS) is 12.1. The Morgan fingerprint density at radius 1 is 0.216 bits per heavy atom. The van der Waals surface area contributed by atoms with Crippen molar-refractivity contribution in [1.82, 2.24) is 0 Å². The van der Waals surface area contributed by atoms with Crippen LogP contribution < -0.4 is 26.8 Å². The van der Waals surface area contributed by atoms with Gasteiger partial charge in [-0.3, -0.25) is 0 Å². The highest BCUT2D eigenvalue weighted by atomic mass is 19.2. The Morgan fingerprint density at radius 2 is 0.392 bits per heavy atom. The van der Waals surface area contributed by atoms with Gasteiger partial charge in [0.25, 0.3) is 0 Å². The predicted molar refractivity (Wildman–Crippen MR) is 306 cm³/mol. The molecule has 9 aromatic carbocycles. The fraction of sp³-hybridized carbons (Fsp3) is 0.313. The van der Waals surface area contributed by atoms with E-state index in [0.717, 1.165) is 0 Å². The molecule has 0 amide bonds. The minimum absolute atomic E-state index is 1.31. The first-order chi connectivity index (χ1) is 45.8. The number of aryl methyl sites for hydroxylation is 1. The number of hydrogen-bond donors (Lipinski definition) is 1. The zero-order valence-corrected chi connectivity index (χ0v) is 50.7. The van der Waals surface area contributed by atoms with Gasteiger partial charge in [-0.1, -0.05) is 109 Å². The van der Waals surface area contributed by atoms with Crippen molar-refractivity contribution in [1.29, 1.82) is 0 Å².